The van der Waals surface area contributed by atoms with E-state index in [1.54, 1.807) is 30.5 Å². The number of benzene rings is 1. The first kappa shape index (κ1) is 28.4. The molecule has 0 radical (unpaired) electrons. The van der Waals surface area contributed by atoms with Crippen LogP contribution in [-0.2, 0) is 4.74 Å². The third-order valence-corrected chi connectivity index (χ3v) is 22.5. The van der Waals surface area contributed by atoms with Gasteiger partial charge in [-0.2, -0.15) is 0 Å². The molecule has 1 aromatic carbocycles. The van der Waals surface area contributed by atoms with Crippen molar-refractivity contribution in [2.45, 2.75) is 72.6 Å². The van der Waals surface area contributed by atoms with Gasteiger partial charge in [0.1, 0.15) is 0 Å². The molecule has 0 unspecified atom stereocenters. The van der Waals surface area contributed by atoms with Gasteiger partial charge in [0.05, 0.1) is 0 Å². The van der Waals surface area contributed by atoms with Gasteiger partial charge in [0.15, 0.2) is 0 Å². The van der Waals surface area contributed by atoms with Crippen LogP contribution >= 0.6 is 11.6 Å². The van der Waals surface area contributed by atoms with E-state index in [2.05, 4.69) is 31.1 Å². The zero-order valence-electron chi connectivity index (χ0n) is 21.7. The van der Waals surface area contributed by atoms with Gasteiger partial charge in [0, 0.05) is 0 Å². The Morgan fingerprint density at radius 3 is 2.25 bits per heavy atom. The molecule has 0 bridgehead atoms. The second kappa shape index (κ2) is 13.4. The third kappa shape index (κ3) is 6.59. The average Bonchev–Trinajstić information content (AvgIpc) is 3.38. The molecular formula is C27H36ClN3O4Sn. The maximum atomic E-state index is 13.7. The SMILES string of the molecule is CCC[CH2][Sn]([CH2]CCC)([CH2]CCC)[c]1coc(-c2cc(Cl)ccc2-n2cc(C(=O)OC)nn2)cc1=O. The van der Waals surface area contributed by atoms with Gasteiger partial charge in [-0.05, 0) is 0 Å². The topological polar surface area (TPSA) is 87.2 Å². The van der Waals surface area contributed by atoms with E-state index in [1.807, 2.05) is 0 Å². The van der Waals surface area contributed by atoms with Crippen molar-refractivity contribution in [1.29, 1.82) is 0 Å². The van der Waals surface area contributed by atoms with Crippen molar-refractivity contribution in [3.05, 3.63) is 57.7 Å². The molecule has 0 spiro atoms. The molecule has 0 aliphatic rings. The molecule has 3 aromatic rings. The molecule has 0 saturated carbocycles. The van der Waals surface area contributed by atoms with Crippen molar-refractivity contribution in [3.8, 4) is 17.0 Å². The fraction of sp³-hybridized carbons (Fsp3) is 0.481. The Bertz CT molecular complexity index is 1200. The van der Waals surface area contributed by atoms with Crippen LogP contribution in [0.25, 0.3) is 17.0 Å². The number of aromatic nitrogens is 3. The number of ether oxygens (including phenoxy) is 1. The number of carbonyl (C=O) groups is 1. The van der Waals surface area contributed by atoms with E-state index >= 15 is 0 Å². The molecule has 2 aromatic heterocycles. The summed E-state index contributed by atoms with van der Waals surface area (Å²) in [5.41, 5.74) is 1.34. The second-order valence-corrected chi connectivity index (χ2v) is 22.9. The van der Waals surface area contributed by atoms with E-state index in [9.17, 15) is 9.59 Å². The number of nitrogens with zero attached hydrogens (tertiary/aromatic N) is 3. The summed E-state index contributed by atoms with van der Waals surface area (Å²) in [6.45, 7) is 6.66. The zero-order valence-corrected chi connectivity index (χ0v) is 25.3. The van der Waals surface area contributed by atoms with E-state index in [4.69, 9.17) is 20.8 Å². The van der Waals surface area contributed by atoms with E-state index in [0.717, 1.165) is 42.1 Å². The fourth-order valence-electron chi connectivity index (χ4n) is 4.75. The molecule has 3 rings (SSSR count). The van der Waals surface area contributed by atoms with E-state index in [-0.39, 0.29) is 11.1 Å². The number of unbranched alkanes of at least 4 members (excludes halogenated alkanes) is 3. The van der Waals surface area contributed by atoms with Crippen LogP contribution < -0.4 is 9.01 Å². The van der Waals surface area contributed by atoms with Gasteiger partial charge in [-0.3, -0.25) is 0 Å². The number of rotatable bonds is 13. The summed E-state index contributed by atoms with van der Waals surface area (Å²) < 4.78 is 16.9. The van der Waals surface area contributed by atoms with Crippen LogP contribution in [0.5, 0.6) is 0 Å². The van der Waals surface area contributed by atoms with Crippen molar-refractivity contribution in [3.63, 3.8) is 0 Å². The van der Waals surface area contributed by atoms with Crippen LogP contribution in [0.15, 0.2) is 45.9 Å². The molecule has 0 atom stereocenters. The van der Waals surface area contributed by atoms with Gasteiger partial charge in [-0.25, -0.2) is 0 Å². The Labute approximate surface area is 222 Å². The van der Waals surface area contributed by atoms with Crippen LogP contribution in [0.3, 0.4) is 0 Å². The summed E-state index contributed by atoms with van der Waals surface area (Å²) in [4.78, 5) is 25.5. The fourth-order valence-corrected chi connectivity index (χ4v) is 20.8. The van der Waals surface area contributed by atoms with E-state index in [0.29, 0.717) is 22.0 Å². The molecule has 7 nitrogen and oxygen atoms in total. The minimum atomic E-state index is -2.96. The number of hydrogen-bond donors (Lipinski definition) is 0. The van der Waals surface area contributed by atoms with Crippen molar-refractivity contribution in [2.75, 3.05) is 7.11 Å². The molecule has 0 saturated heterocycles. The first-order chi connectivity index (χ1) is 17.4. The van der Waals surface area contributed by atoms with Crippen LogP contribution in [0.2, 0.25) is 18.3 Å². The number of esters is 1. The number of hydrogen-bond acceptors (Lipinski definition) is 6. The maximum absolute atomic E-state index is 13.7. The summed E-state index contributed by atoms with van der Waals surface area (Å²) in [6, 6.07) is 6.82. The Balaban J connectivity index is 2.08. The molecule has 2 heterocycles. The van der Waals surface area contributed by atoms with Gasteiger partial charge in [-0.15, -0.1) is 0 Å². The van der Waals surface area contributed by atoms with Crippen molar-refractivity contribution in [1.82, 2.24) is 15.0 Å². The predicted octanol–water partition coefficient (Wildman–Crippen LogP) is 6.38. The van der Waals surface area contributed by atoms with Gasteiger partial charge in [0.25, 0.3) is 0 Å². The summed E-state index contributed by atoms with van der Waals surface area (Å²) in [6.07, 6.45) is 10.1. The third-order valence-electron chi connectivity index (χ3n) is 6.79. The Hall–Kier alpha value is -2.13. The summed E-state index contributed by atoms with van der Waals surface area (Å²) in [5.74, 6) is -0.166. The summed E-state index contributed by atoms with van der Waals surface area (Å²) in [5, 5.41) is 8.45. The zero-order chi connectivity index (χ0) is 26.1. The van der Waals surface area contributed by atoms with Crippen molar-refractivity contribution < 1.29 is 13.9 Å². The molecule has 9 heteroatoms. The van der Waals surface area contributed by atoms with Gasteiger partial charge < -0.3 is 0 Å². The number of carbonyl (C=O) groups excluding carboxylic acids is 1. The van der Waals surface area contributed by atoms with Crippen LogP contribution in [-0.4, -0.2) is 46.4 Å². The van der Waals surface area contributed by atoms with E-state index in [1.165, 1.54) is 31.3 Å². The molecule has 0 amide bonds. The van der Waals surface area contributed by atoms with Gasteiger partial charge in [0.2, 0.25) is 0 Å². The summed E-state index contributed by atoms with van der Waals surface area (Å²) >= 11 is 3.36. The second-order valence-electron chi connectivity index (χ2n) is 9.31. The molecule has 36 heavy (non-hydrogen) atoms. The minimum absolute atomic E-state index is 0.0649. The number of methoxy groups -OCH3 is 1. The normalized spacial score (nSPS) is 11.6. The van der Waals surface area contributed by atoms with Crippen LogP contribution in [0.4, 0.5) is 0 Å². The van der Waals surface area contributed by atoms with Gasteiger partial charge >= 0.3 is 223 Å². The number of halogens is 1. The molecule has 0 aliphatic heterocycles. The quantitative estimate of drug-likeness (QED) is 0.163. The molecular weight excluding hydrogens is 584 g/mol. The standard InChI is InChI=1S/C15H9ClN3O4.3C4H9.Sn/c1-22-15(21)12-8-19(18-17-12)13-3-2-9(16)6-11(13)14-7-10(20)4-5-23-14;3*1-3-4-2;/h2-3,5-8H,1H3;3*1,3-4H2,2H3;. The van der Waals surface area contributed by atoms with Crippen LogP contribution in [0.1, 0.15) is 69.8 Å². The molecule has 0 fully saturated rings. The van der Waals surface area contributed by atoms with Gasteiger partial charge in [-0.1, -0.05) is 0 Å². The Morgan fingerprint density at radius 1 is 1.06 bits per heavy atom. The first-order valence-corrected chi connectivity index (χ1v) is 20.7. The molecule has 0 N–H and O–H groups in total. The molecule has 194 valence electrons. The monoisotopic (exact) mass is 621 g/mol. The Kier molecular flexibility index (Phi) is 10.6. The van der Waals surface area contributed by atoms with Crippen molar-refractivity contribution >= 4 is 39.5 Å². The molecule has 0 aliphatic carbocycles. The van der Waals surface area contributed by atoms with Crippen LogP contribution in [0, 0.1) is 0 Å². The average molecular weight is 621 g/mol. The Morgan fingerprint density at radius 2 is 1.69 bits per heavy atom. The predicted molar refractivity (Wildman–Crippen MR) is 146 cm³/mol. The summed E-state index contributed by atoms with van der Waals surface area (Å²) in [7, 11) is 1.29. The van der Waals surface area contributed by atoms with E-state index < -0.39 is 24.3 Å². The van der Waals surface area contributed by atoms with Crippen molar-refractivity contribution in [2.24, 2.45) is 0 Å². The first-order valence-electron chi connectivity index (χ1n) is 12.8.